The number of anilines is 2. The van der Waals surface area contributed by atoms with Crippen molar-refractivity contribution in [3.63, 3.8) is 0 Å². The second-order valence-electron chi connectivity index (χ2n) is 6.26. The summed E-state index contributed by atoms with van der Waals surface area (Å²) in [6, 6.07) is 13.8. The minimum Gasteiger partial charge on any atom is -0.378 e. The predicted octanol–water partition coefficient (Wildman–Crippen LogP) is 4.75. The summed E-state index contributed by atoms with van der Waals surface area (Å²) in [5.41, 5.74) is 5.97. The van der Waals surface area contributed by atoms with E-state index in [0.29, 0.717) is 10.7 Å². The number of nitrogens with zero attached hydrogens (tertiary/aromatic N) is 2. The minimum absolute atomic E-state index is 0.148. The number of thiazole rings is 1. The van der Waals surface area contributed by atoms with Gasteiger partial charge in [0.25, 0.3) is 5.91 Å². The molecule has 0 unspecified atom stereocenters. The van der Waals surface area contributed by atoms with Gasteiger partial charge in [0, 0.05) is 36.3 Å². The maximum atomic E-state index is 12.5. The van der Waals surface area contributed by atoms with E-state index >= 15 is 0 Å². The Kier molecular flexibility index (Phi) is 4.86. The monoisotopic (exact) mass is 351 g/mol. The van der Waals surface area contributed by atoms with Crippen LogP contribution in [0.3, 0.4) is 0 Å². The zero-order valence-electron chi connectivity index (χ0n) is 14.8. The second kappa shape index (κ2) is 7.07. The number of amides is 1. The quantitative estimate of drug-likeness (QED) is 0.738. The first-order valence-corrected chi connectivity index (χ1v) is 8.94. The van der Waals surface area contributed by atoms with Crippen LogP contribution in [0.4, 0.5) is 10.8 Å². The molecule has 0 saturated carbocycles. The minimum atomic E-state index is -0.148. The Morgan fingerprint density at radius 3 is 2.68 bits per heavy atom. The van der Waals surface area contributed by atoms with E-state index in [4.69, 9.17) is 0 Å². The van der Waals surface area contributed by atoms with E-state index < -0.39 is 0 Å². The number of aryl methyl sites for hydroxylation is 2. The highest BCUT2D eigenvalue weighted by molar-refractivity contribution is 7.14. The fourth-order valence-corrected chi connectivity index (χ4v) is 3.27. The van der Waals surface area contributed by atoms with Crippen molar-refractivity contribution >= 4 is 28.1 Å². The van der Waals surface area contributed by atoms with Gasteiger partial charge >= 0.3 is 0 Å². The van der Waals surface area contributed by atoms with Gasteiger partial charge in [0.2, 0.25) is 0 Å². The van der Waals surface area contributed by atoms with E-state index in [1.807, 2.05) is 48.6 Å². The Labute approximate surface area is 152 Å². The van der Waals surface area contributed by atoms with Crippen LogP contribution in [0.5, 0.6) is 0 Å². The van der Waals surface area contributed by atoms with Gasteiger partial charge < -0.3 is 4.90 Å². The third-order valence-corrected chi connectivity index (χ3v) is 4.78. The lowest BCUT2D eigenvalue weighted by atomic mass is 10.0. The van der Waals surface area contributed by atoms with Gasteiger partial charge in [-0.15, -0.1) is 11.3 Å². The van der Waals surface area contributed by atoms with Gasteiger partial charge in [-0.25, -0.2) is 4.98 Å². The molecule has 0 bridgehead atoms. The Bertz CT molecular complexity index is 915. The van der Waals surface area contributed by atoms with Crippen LogP contribution in [-0.2, 0) is 0 Å². The van der Waals surface area contributed by atoms with E-state index in [0.717, 1.165) is 16.9 Å². The molecule has 3 aromatic rings. The molecular formula is C20H21N3OS. The highest BCUT2D eigenvalue weighted by atomic mass is 32.1. The number of hydrogen-bond acceptors (Lipinski definition) is 4. The molecule has 128 valence electrons. The number of carbonyl (C=O) groups is 1. The van der Waals surface area contributed by atoms with Crippen molar-refractivity contribution in [2.24, 2.45) is 0 Å². The van der Waals surface area contributed by atoms with Gasteiger partial charge in [0.05, 0.1) is 5.69 Å². The first kappa shape index (κ1) is 17.2. The maximum Gasteiger partial charge on any atom is 0.257 e. The largest absolute Gasteiger partial charge is 0.378 e. The van der Waals surface area contributed by atoms with Crippen LogP contribution in [0.25, 0.3) is 11.3 Å². The molecule has 0 saturated heterocycles. The van der Waals surface area contributed by atoms with Gasteiger partial charge in [-0.1, -0.05) is 23.8 Å². The van der Waals surface area contributed by atoms with Gasteiger partial charge in [0.1, 0.15) is 0 Å². The highest BCUT2D eigenvalue weighted by Crippen LogP contribution is 2.28. The zero-order chi connectivity index (χ0) is 18.0. The van der Waals surface area contributed by atoms with E-state index in [-0.39, 0.29) is 5.91 Å². The van der Waals surface area contributed by atoms with Crippen molar-refractivity contribution in [1.82, 2.24) is 4.98 Å². The maximum absolute atomic E-state index is 12.5. The van der Waals surface area contributed by atoms with Crippen molar-refractivity contribution in [3.8, 4) is 11.3 Å². The molecule has 2 aromatic carbocycles. The van der Waals surface area contributed by atoms with E-state index in [9.17, 15) is 4.79 Å². The van der Waals surface area contributed by atoms with Crippen molar-refractivity contribution in [3.05, 3.63) is 64.5 Å². The molecule has 0 fully saturated rings. The van der Waals surface area contributed by atoms with E-state index in [1.54, 1.807) is 0 Å². The summed E-state index contributed by atoms with van der Waals surface area (Å²) in [6.07, 6.45) is 0. The average molecular weight is 351 g/mol. The van der Waals surface area contributed by atoms with Crippen LogP contribution in [0.2, 0.25) is 0 Å². The molecule has 0 aliphatic rings. The smallest absolute Gasteiger partial charge is 0.257 e. The first-order valence-electron chi connectivity index (χ1n) is 8.06. The molecule has 1 heterocycles. The molecule has 0 aliphatic carbocycles. The van der Waals surface area contributed by atoms with Crippen molar-refractivity contribution in [2.45, 2.75) is 13.8 Å². The fourth-order valence-electron chi connectivity index (χ4n) is 2.56. The van der Waals surface area contributed by atoms with Gasteiger partial charge in [-0.05, 0) is 43.7 Å². The van der Waals surface area contributed by atoms with E-state index in [1.165, 1.54) is 22.5 Å². The fraction of sp³-hybridized carbons (Fsp3) is 0.200. The topological polar surface area (TPSA) is 45.2 Å². The summed E-state index contributed by atoms with van der Waals surface area (Å²) >= 11 is 1.44. The number of hydrogen-bond donors (Lipinski definition) is 1. The predicted molar refractivity (Wildman–Crippen MR) is 106 cm³/mol. The third kappa shape index (κ3) is 3.88. The van der Waals surface area contributed by atoms with Gasteiger partial charge in [-0.2, -0.15) is 0 Å². The molecule has 0 radical (unpaired) electrons. The molecule has 3 rings (SSSR count). The molecule has 4 nitrogen and oxygen atoms in total. The highest BCUT2D eigenvalue weighted by Gasteiger charge is 2.12. The average Bonchev–Trinajstić information content (AvgIpc) is 3.05. The lowest BCUT2D eigenvalue weighted by Crippen LogP contribution is -2.14. The molecule has 5 heteroatoms. The van der Waals surface area contributed by atoms with Crippen LogP contribution in [0, 0.1) is 13.8 Å². The molecule has 0 atom stereocenters. The summed E-state index contributed by atoms with van der Waals surface area (Å²) in [5.74, 6) is -0.148. The Balaban J connectivity index is 1.80. The molecule has 1 N–H and O–H groups in total. The first-order chi connectivity index (χ1) is 11.9. The SMILES string of the molecule is Cc1ccc(C)c(-c2csc(NC(=O)c3cccc(N(C)C)c3)n2)c1. The van der Waals surface area contributed by atoms with Crippen molar-refractivity contribution < 1.29 is 4.79 Å². The third-order valence-electron chi connectivity index (χ3n) is 4.02. The lowest BCUT2D eigenvalue weighted by molar-refractivity contribution is 0.102. The number of rotatable bonds is 4. The Morgan fingerprint density at radius 1 is 1.12 bits per heavy atom. The summed E-state index contributed by atoms with van der Waals surface area (Å²) in [4.78, 5) is 19.0. The standard InChI is InChI=1S/C20H21N3OS/c1-13-8-9-14(2)17(10-13)18-12-25-20(21-18)22-19(24)15-6-5-7-16(11-15)23(3)4/h5-12H,1-4H3,(H,21,22,24). The van der Waals surface area contributed by atoms with Crippen LogP contribution < -0.4 is 10.2 Å². The van der Waals surface area contributed by atoms with Gasteiger partial charge in [-0.3, -0.25) is 10.1 Å². The van der Waals surface area contributed by atoms with Crippen LogP contribution in [0.1, 0.15) is 21.5 Å². The van der Waals surface area contributed by atoms with Crippen LogP contribution in [0.15, 0.2) is 47.8 Å². The van der Waals surface area contributed by atoms with E-state index in [2.05, 4.69) is 42.3 Å². The summed E-state index contributed by atoms with van der Waals surface area (Å²) in [5, 5.41) is 5.49. The molecule has 1 aromatic heterocycles. The summed E-state index contributed by atoms with van der Waals surface area (Å²) in [7, 11) is 3.91. The van der Waals surface area contributed by atoms with Crippen LogP contribution >= 0.6 is 11.3 Å². The number of nitrogens with one attached hydrogen (secondary N) is 1. The van der Waals surface area contributed by atoms with Crippen molar-refractivity contribution in [2.75, 3.05) is 24.3 Å². The number of benzene rings is 2. The molecular weight excluding hydrogens is 330 g/mol. The summed E-state index contributed by atoms with van der Waals surface area (Å²) < 4.78 is 0. The number of aromatic nitrogens is 1. The van der Waals surface area contributed by atoms with Crippen molar-refractivity contribution in [1.29, 1.82) is 0 Å². The number of carbonyl (C=O) groups excluding carboxylic acids is 1. The molecule has 0 aliphatic heterocycles. The lowest BCUT2D eigenvalue weighted by Gasteiger charge is -2.13. The molecule has 0 spiro atoms. The van der Waals surface area contributed by atoms with Crippen LogP contribution in [-0.4, -0.2) is 25.0 Å². The summed E-state index contributed by atoms with van der Waals surface area (Å²) in [6.45, 7) is 4.13. The second-order valence-corrected chi connectivity index (χ2v) is 7.11. The molecule has 25 heavy (non-hydrogen) atoms. The zero-order valence-corrected chi connectivity index (χ0v) is 15.6. The van der Waals surface area contributed by atoms with Gasteiger partial charge in [0.15, 0.2) is 5.13 Å². The Morgan fingerprint density at radius 2 is 1.92 bits per heavy atom. The Hall–Kier alpha value is -2.66. The normalized spacial score (nSPS) is 10.6. The molecule has 1 amide bonds.